The number of nitrogens with one attached hydrogen (secondary N) is 2. The zero-order valence-electron chi connectivity index (χ0n) is 29.6. The van der Waals surface area contributed by atoms with Gasteiger partial charge in [-0.25, -0.2) is 14.4 Å². The minimum absolute atomic E-state index is 0.0819. The number of benzene rings is 2. The number of carbonyl (C=O) groups excluding carboxylic acids is 2. The Bertz CT molecular complexity index is 1960. The summed E-state index contributed by atoms with van der Waals surface area (Å²) in [5.41, 5.74) is 7.41. The third-order valence-corrected chi connectivity index (χ3v) is 10.4. The van der Waals surface area contributed by atoms with Crippen molar-refractivity contribution in [3.05, 3.63) is 76.9 Å². The van der Waals surface area contributed by atoms with Crippen LogP contribution in [0.4, 0.5) is 4.39 Å². The van der Waals surface area contributed by atoms with Gasteiger partial charge in [-0.05, 0) is 55.0 Å². The molecule has 0 radical (unpaired) electrons. The molecular formula is C39H44FN7O4. The fourth-order valence-electron chi connectivity index (χ4n) is 7.59. The molecule has 2 unspecified atom stereocenters. The van der Waals surface area contributed by atoms with Crippen LogP contribution in [-0.2, 0) is 22.6 Å². The summed E-state index contributed by atoms with van der Waals surface area (Å²) in [6.07, 6.45) is 4.82. The molecule has 2 aromatic heterocycles. The Labute approximate surface area is 297 Å². The van der Waals surface area contributed by atoms with Gasteiger partial charge >= 0.3 is 0 Å². The minimum atomic E-state index is -0.394. The van der Waals surface area contributed by atoms with E-state index in [0.717, 1.165) is 60.3 Å². The van der Waals surface area contributed by atoms with E-state index in [4.69, 9.17) is 14.5 Å². The number of hydrogen-bond donors (Lipinski definition) is 2. The number of hydrogen-bond acceptors (Lipinski definition) is 9. The van der Waals surface area contributed by atoms with Crippen LogP contribution < -0.4 is 20.1 Å². The summed E-state index contributed by atoms with van der Waals surface area (Å²) < 4.78 is 28.0. The molecule has 7 rings (SSSR count). The van der Waals surface area contributed by atoms with Gasteiger partial charge in [-0.1, -0.05) is 30.3 Å². The maximum absolute atomic E-state index is 16.5. The van der Waals surface area contributed by atoms with Crippen molar-refractivity contribution in [1.29, 1.82) is 0 Å². The normalized spacial score (nSPS) is 18.8. The van der Waals surface area contributed by atoms with Crippen LogP contribution in [0.15, 0.2) is 48.7 Å². The van der Waals surface area contributed by atoms with Gasteiger partial charge in [0.25, 0.3) is 0 Å². The van der Waals surface area contributed by atoms with Crippen LogP contribution >= 0.6 is 0 Å². The van der Waals surface area contributed by atoms with Gasteiger partial charge in [0.15, 0.2) is 0 Å². The van der Waals surface area contributed by atoms with E-state index in [-0.39, 0.29) is 23.9 Å². The first-order valence-corrected chi connectivity index (χ1v) is 17.6. The van der Waals surface area contributed by atoms with Crippen LogP contribution in [0.2, 0.25) is 0 Å². The van der Waals surface area contributed by atoms with E-state index < -0.39 is 5.82 Å². The van der Waals surface area contributed by atoms with Crippen LogP contribution in [0.3, 0.4) is 0 Å². The maximum atomic E-state index is 16.5. The van der Waals surface area contributed by atoms with E-state index in [0.29, 0.717) is 66.9 Å². The van der Waals surface area contributed by atoms with Gasteiger partial charge in [0.1, 0.15) is 11.5 Å². The molecule has 12 heteroatoms. The number of nitrogens with zero attached hydrogens (tertiary/aromatic N) is 5. The number of fused-ring (bicyclic) bond motifs is 1. The molecule has 2 aliphatic heterocycles. The Morgan fingerprint density at radius 2 is 1.65 bits per heavy atom. The van der Waals surface area contributed by atoms with Crippen molar-refractivity contribution < 1.29 is 23.5 Å². The predicted octanol–water partition coefficient (Wildman–Crippen LogP) is 4.86. The monoisotopic (exact) mass is 693 g/mol. The number of carbonyl (C=O) groups is 2. The zero-order valence-corrected chi connectivity index (χ0v) is 29.6. The lowest BCUT2D eigenvalue weighted by Crippen LogP contribution is -2.47. The highest BCUT2D eigenvalue weighted by atomic mass is 19.1. The Hall–Kier alpha value is -4.94. The van der Waals surface area contributed by atoms with Crippen molar-refractivity contribution in [2.75, 3.05) is 46.9 Å². The smallest absolute Gasteiger partial charge is 0.237 e. The van der Waals surface area contributed by atoms with Crippen LogP contribution in [0.5, 0.6) is 11.8 Å². The van der Waals surface area contributed by atoms with Crippen molar-refractivity contribution in [2.24, 2.45) is 0 Å². The molecule has 2 saturated heterocycles. The van der Waals surface area contributed by atoms with Crippen LogP contribution in [0, 0.1) is 12.7 Å². The number of rotatable bonds is 10. The van der Waals surface area contributed by atoms with Gasteiger partial charge < -0.3 is 25.0 Å². The van der Waals surface area contributed by atoms with Gasteiger partial charge in [-0.3, -0.25) is 19.5 Å². The summed E-state index contributed by atoms with van der Waals surface area (Å²) in [4.78, 5) is 41.7. The van der Waals surface area contributed by atoms with Crippen LogP contribution in [0.1, 0.15) is 54.6 Å². The quantitative estimate of drug-likeness (QED) is 0.240. The minimum Gasteiger partial charge on any atom is -0.481 e. The molecule has 0 spiro atoms. The van der Waals surface area contributed by atoms with E-state index in [1.54, 1.807) is 39.5 Å². The lowest BCUT2D eigenvalue weighted by atomic mass is 9.92. The number of pyridine rings is 1. The fraction of sp³-hybridized carbons (Fsp3) is 0.410. The molecule has 4 aromatic rings. The summed E-state index contributed by atoms with van der Waals surface area (Å²) in [7, 11) is 3.19. The first-order valence-electron chi connectivity index (χ1n) is 17.6. The Balaban J connectivity index is 1.14. The molecular weight excluding hydrogens is 649 g/mol. The highest BCUT2D eigenvalue weighted by molar-refractivity contribution is 5.81. The lowest BCUT2D eigenvalue weighted by molar-refractivity contribution is -0.130. The Kier molecular flexibility index (Phi) is 9.97. The van der Waals surface area contributed by atoms with Gasteiger partial charge in [-0.15, -0.1) is 0 Å². The molecule has 266 valence electrons. The summed E-state index contributed by atoms with van der Waals surface area (Å²) in [6, 6.07) is 13.6. The number of aromatic nitrogens is 3. The molecule has 2 aromatic carbocycles. The summed E-state index contributed by atoms with van der Waals surface area (Å²) >= 11 is 0. The van der Waals surface area contributed by atoms with Crippen molar-refractivity contribution in [3.8, 4) is 45.4 Å². The molecule has 0 bridgehead atoms. The van der Waals surface area contributed by atoms with E-state index in [2.05, 4.69) is 31.6 Å². The number of piperazine rings is 1. The highest BCUT2D eigenvalue weighted by Gasteiger charge is 2.30. The van der Waals surface area contributed by atoms with Crippen LogP contribution in [-0.4, -0.2) is 89.6 Å². The molecule has 1 aliphatic carbocycles. The Morgan fingerprint density at radius 1 is 0.941 bits per heavy atom. The van der Waals surface area contributed by atoms with Crippen molar-refractivity contribution in [1.82, 2.24) is 35.4 Å². The third-order valence-electron chi connectivity index (χ3n) is 10.4. The predicted molar refractivity (Wildman–Crippen MR) is 192 cm³/mol. The molecule has 3 aliphatic rings. The maximum Gasteiger partial charge on any atom is 0.237 e. The van der Waals surface area contributed by atoms with E-state index in [9.17, 15) is 9.59 Å². The second-order valence-corrected chi connectivity index (χ2v) is 13.5. The summed E-state index contributed by atoms with van der Waals surface area (Å²) in [5, 5.41) is 6.66. The van der Waals surface area contributed by atoms with Gasteiger partial charge in [0, 0.05) is 87.0 Å². The van der Waals surface area contributed by atoms with E-state index >= 15 is 4.39 Å². The molecule has 2 N–H and O–H groups in total. The standard InChI is InChI=1S/C39H44FN7O4/c1-23-27(7-5-8-28(23)32-19-25-11-13-31(36(25)39(44-32)51-4)41-20-26-12-14-35(49)43-26)29-9-6-10-30(37(29)40)33-21-42-34(38(45-33)50-3)22-46-15-17-47(18-16-46)24(2)48/h5-10,19,21,26,31,41H,11-18,20,22H2,1-4H3,(H,43,49). The molecule has 2 atom stereocenters. The molecule has 2 fully saturated rings. The average Bonchev–Trinajstić information content (AvgIpc) is 3.76. The van der Waals surface area contributed by atoms with Crippen LogP contribution in [0.25, 0.3) is 33.6 Å². The first-order chi connectivity index (χ1) is 24.7. The number of methoxy groups -OCH3 is 2. The number of halogens is 1. The molecule has 0 saturated carbocycles. The number of amides is 2. The van der Waals surface area contributed by atoms with E-state index in [1.807, 2.05) is 36.1 Å². The number of ether oxygens (including phenoxy) is 2. The molecule has 4 heterocycles. The third kappa shape index (κ3) is 7.02. The summed E-state index contributed by atoms with van der Waals surface area (Å²) in [6.45, 7) is 7.60. The first kappa shape index (κ1) is 34.5. The molecule has 11 nitrogen and oxygen atoms in total. The van der Waals surface area contributed by atoms with Gasteiger partial charge in [-0.2, -0.15) is 0 Å². The molecule has 51 heavy (non-hydrogen) atoms. The largest absolute Gasteiger partial charge is 0.481 e. The SMILES string of the molecule is COc1nc(-c2cccc(-c3cccc(-c4cc5c(c(OC)n4)C(NCC4CCC(=O)N4)CC5)c3C)c2F)cnc1CN1CCN(C(C)=O)CC1. The topological polar surface area (TPSA) is 122 Å². The van der Waals surface area contributed by atoms with Crippen molar-refractivity contribution in [3.63, 3.8) is 0 Å². The second-order valence-electron chi connectivity index (χ2n) is 13.5. The second kappa shape index (κ2) is 14.7. The average molecular weight is 694 g/mol. The van der Waals surface area contributed by atoms with Crippen molar-refractivity contribution >= 4 is 11.8 Å². The van der Waals surface area contributed by atoms with Gasteiger partial charge in [0.05, 0.1) is 31.8 Å². The Morgan fingerprint density at radius 3 is 2.35 bits per heavy atom. The van der Waals surface area contributed by atoms with E-state index in [1.165, 1.54) is 5.56 Å². The fourth-order valence-corrected chi connectivity index (χ4v) is 7.59. The van der Waals surface area contributed by atoms with Crippen molar-refractivity contribution in [2.45, 2.75) is 58.2 Å². The lowest BCUT2D eigenvalue weighted by Gasteiger charge is -2.34. The number of aryl methyl sites for hydroxylation is 1. The zero-order chi connectivity index (χ0) is 35.6. The highest BCUT2D eigenvalue weighted by Crippen LogP contribution is 2.41. The molecule has 2 amide bonds. The van der Waals surface area contributed by atoms with Gasteiger partial charge in [0.2, 0.25) is 23.6 Å². The summed E-state index contributed by atoms with van der Waals surface area (Å²) in [5.74, 6) is 0.732.